The van der Waals surface area contributed by atoms with Crippen LogP contribution in [0.3, 0.4) is 0 Å². The van der Waals surface area contributed by atoms with E-state index in [0.29, 0.717) is 5.69 Å². The minimum atomic E-state index is -0.730. The lowest BCUT2D eigenvalue weighted by atomic mass is 10.0. The molecular formula is C11H20N4O. The summed E-state index contributed by atoms with van der Waals surface area (Å²) < 4.78 is 1.65. The first kappa shape index (κ1) is 12.5. The summed E-state index contributed by atoms with van der Waals surface area (Å²) in [6.07, 6.45) is 1.57. The third kappa shape index (κ3) is 2.18. The predicted octanol–water partition coefficient (Wildman–Crippen LogP) is 1.03. The summed E-state index contributed by atoms with van der Waals surface area (Å²) in [5, 5.41) is 7.02. The summed E-state index contributed by atoms with van der Waals surface area (Å²) in [6.45, 7) is 9.36. The van der Waals surface area contributed by atoms with Crippen molar-refractivity contribution < 1.29 is 4.79 Å². The van der Waals surface area contributed by atoms with Crippen LogP contribution >= 0.6 is 0 Å². The van der Waals surface area contributed by atoms with Gasteiger partial charge in [0.2, 0.25) is 5.91 Å². The van der Waals surface area contributed by atoms with Crippen LogP contribution in [0.4, 0.5) is 5.69 Å². The van der Waals surface area contributed by atoms with Crippen LogP contribution in [-0.2, 0) is 10.3 Å². The van der Waals surface area contributed by atoms with Gasteiger partial charge in [0.1, 0.15) is 5.54 Å². The van der Waals surface area contributed by atoms with Crippen LogP contribution in [0.2, 0.25) is 0 Å². The molecule has 0 bridgehead atoms. The lowest BCUT2D eigenvalue weighted by molar-refractivity contribution is -0.129. The molecule has 1 amide bonds. The summed E-state index contributed by atoms with van der Waals surface area (Å²) in [5.74, 6) is -0.0614. The van der Waals surface area contributed by atoms with E-state index in [2.05, 4.69) is 10.4 Å². The lowest BCUT2D eigenvalue weighted by Gasteiger charge is -2.26. The van der Waals surface area contributed by atoms with E-state index in [1.54, 1.807) is 10.9 Å². The minimum absolute atomic E-state index is 0.0614. The first-order valence-electron chi connectivity index (χ1n) is 5.38. The summed E-state index contributed by atoms with van der Waals surface area (Å²) >= 11 is 0. The van der Waals surface area contributed by atoms with Crippen LogP contribution in [0.1, 0.15) is 33.4 Å². The quantitative estimate of drug-likeness (QED) is 0.805. The molecule has 0 radical (unpaired) electrons. The molecule has 0 spiro atoms. The number of carbonyl (C=O) groups excluding carboxylic acids is 1. The van der Waals surface area contributed by atoms with Crippen molar-refractivity contribution in [2.75, 3.05) is 5.73 Å². The number of amides is 1. The summed E-state index contributed by atoms with van der Waals surface area (Å²) in [6, 6.07) is 0.111. The van der Waals surface area contributed by atoms with Gasteiger partial charge in [0.15, 0.2) is 0 Å². The zero-order chi connectivity index (χ0) is 12.5. The van der Waals surface area contributed by atoms with Crippen LogP contribution in [0, 0.1) is 6.92 Å². The molecule has 0 atom stereocenters. The van der Waals surface area contributed by atoms with Gasteiger partial charge in [-0.05, 0) is 34.6 Å². The van der Waals surface area contributed by atoms with Crippen molar-refractivity contribution in [2.24, 2.45) is 0 Å². The number of aromatic nitrogens is 2. The van der Waals surface area contributed by atoms with Crippen molar-refractivity contribution in [1.82, 2.24) is 15.1 Å². The third-order valence-electron chi connectivity index (χ3n) is 2.55. The summed E-state index contributed by atoms with van der Waals surface area (Å²) in [4.78, 5) is 12.0. The van der Waals surface area contributed by atoms with E-state index in [-0.39, 0.29) is 11.9 Å². The number of rotatable bonds is 3. The van der Waals surface area contributed by atoms with Crippen molar-refractivity contribution in [1.29, 1.82) is 0 Å². The maximum Gasteiger partial charge on any atom is 0.247 e. The molecular weight excluding hydrogens is 204 g/mol. The molecule has 5 heteroatoms. The number of hydrogen-bond acceptors (Lipinski definition) is 3. The highest BCUT2D eigenvalue weighted by molar-refractivity contribution is 5.84. The van der Waals surface area contributed by atoms with Gasteiger partial charge in [0, 0.05) is 6.04 Å². The van der Waals surface area contributed by atoms with Gasteiger partial charge in [-0.15, -0.1) is 0 Å². The molecule has 0 saturated heterocycles. The largest absolute Gasteiger partial charge is 0.396 e. The third-order valence-corrected chi connectivity index (χ3v) is 2.55. The monoisotopic (exact) mass is 224 g/mol. The Kier molecular flexibility index (Phi) is 3.26. The molecule has 5 nitrogen and oxygen atoms in total. The van der Waals surface area contributed by atoms with Crippen molar-refractivity contribution in [3.63, 3.8) is 0 Å². The fraction of sp³-hybridized carbons (Fsp3) is 0.636. The zero-order valence-electron chi connectivity index (χ0n) is 10.5. The normalized spacial score (nSPS) is 11.9. The lowest BCUT2D eigenvalue weighted by Crippen LogP contribution is -2.47. The number of carbonyl (C=O) groups is 1. The Morgan fingerprint density at radius 3 is 2.50 bits per heavy atom. The molecule has 90 valence electrons. The predicted molar refractivity (Wildman–Crippen MR) is 64.0 cm³/mol. The van der Waals surface area contributed by atoms with E-state index in [1.165, 1.54) is 0 Å². The first-order chi connectivity index (χ1) is 7.26. The van der Waals surface area contributed by atoms with Crippen LogP contribution in [0.25, 0.3) is 0 Å². The van der Waals surface area contributed by atoms with Gasteiger partial charge in [-0.25, -0.2) is 0 Å². The number of nitrogens with one attached hydrogen (secondary N) is 1. The van der Waals surface area contributed by atoms with Crippen LogP contribution < -0.4 is 11.1 Å². The SMILES string of the molecule is Cc1c(N)cnn1C(C)(C)C(=O)NC(C)C. The van der Waals surface area contributed by atoms with Crippen molar-refractivity contribution in [3.05, 3.63) is 11.9 Å². The van der Waals surface area contributed by atoms with E-state index in [9.17, 15) is 4.79 Å². The van der Waals surface area contributed by atoms with Gasteiger partial charge in [-0.1, -0.05) is 0 Å². The highest BCUT2D eigenvalue weighted by Crippen LogP contribution is 2.20. The fourth-order valence-electron chi connectivity index (χ4n) is 1.52. The zero-order valence-corrected chi connectivity index (χ0v) is 10.5. The molecule has 0 saturated carbocycles. The average Bonchev–Trinajstić information content (AvgIpc) is 2.46. The Hall–Kier alpha value is -1.52. The highest BCUT2D eigenvalue weighted by Gasteiger charge is 2.32. The minimum Gasteiger partial charge on any atom is -0.396 e. The van der Waals surface area contributed by atoms with Gasteiger partial charge in [0.05, 0.1) is 17.6 Å². The molecule has 0 aliphatic heterocycles. The topological polar surface area (TPSA) is 72.9 Å². The molecule has 1 aromatic heterocycles. The van der Waals surface area contributed by atoms with E-state index in [4.69, 9.17) is 5.73 Å². The molecule has 1 heterocycles. The molecule has 0 aliphatic carbocycles. The molecule has 1 aromatic rings. The number of nitrogen functional groups attached to an aromatic ring is 1. The van der Waals surface area contributed by atoms with Gasteiger partial charge < -0.3 is 11.1 Å². The highest BCUT2D eigenvalue weighted by atomic mass is 16.2. The Morgan fingerprint density at radius 1 is 1.56 bits per heavy atom. The molecule has 0 fully saturated rings. The maximum absolute atomic E-state index is 12.0. The van der Waals surface area contributed by atoms with E-state index in [0.717, 1.165) is 5.69 Å². The average molecular weight is 224 g/mol. The second-order valence-corrected chi connectivity index (χ2v) is 4.78. The Bertz CT molecular complexity index is 393. The van der Waals surface area contributed by atoms with Crippen LogP contribution in [0.5, 0.6) is 0 Å². The standard InChI is InChI=1S/C11H20N4O/c1-7(2)14-10(16)11(4,5)15-8(3)9(12)6-13-15/h6-7H,12H2,1-5H3,(H,14,16). The Labute approximate surface area is 96.0 Å². The first-order valence-corrected chi connectivity index (χ1v) is 5.38. The molecule has 16 heavy (non-hydrogen) atoms. The van der Waals surface area contributed by atoms with Crippen LogP contribution in [-0.4, -0.2) is 21.7 Å². The molecule has 0 aromatic carbocycles. The summed E-state index contributed by atoms with van der Waals surface area (Å²) in [5.41, 5.74) is 6.40. The number of nitrogens with zero attached hydrogens (tertiary/aromatic N) is 2. The second kappa shape index (κ2) is 4.15. The molecule has 0 aliphatic rings. The molecule has 3 N–H and O–H groups in total. The van der Waals surface area contributed by atoms with E-state index >= 15 is 0 Å². The second-order valence-electron chi connectivity index (χ2n) is 4.78. The van der Waals surface area contributed by atoms with Gasteiger partial charge in [0.25, 0.3) is 0 Å². The van der Waals surface area contributed by atoms with E-state index < -0.39 is 5.54 Å². The van der Waals surface area contributed by atoms with Gasteiger partial charge >= 0.3 is 0 Å². The van der Waals surface area contributed by atoms with Crippen molar-refractivity contribution in [2.45, 2.75) is 46.2 Å². The van der Waals surface area contributed by atoms with Gasteiger partial charge in [-0.3, -0.25) is 9.48 Å². The van der Waals surface area contributed by atoms with Gasteiger partial charge in [-0.2, -0.15) is 5.10 Å². The van der Waals surface area contributed by atoms with E-state index in [1.807, 2.05) is 34.6 Å². The molecule has 1 rings (SSSR count). The van der Waals surface area contributed by atoms with Crippen molar-refractivity contribution >= 4 is 11.6 Å². The smallest absolute Gasteiger partial charge is 0.247 e. The number of nitrogens with two attached hydrogens (primary N) is 1. The Balaban J connectivity index is 3.01. The number of hydrogen-bond donors (Lipinski definition) is 2. The summed E-state index contributed by atoms with van der Waals surface area (Å²) in [7, 11) is 0. The molecule has 0 unspecified atom stereocenters. The fourth-order valence-corrected chi connectivity index (χ4v) is 1.52. The number of anilines is 1. The Morgan fingerprint density at radius 2 is 2.12 bits per heavy atom. The maximum atomic E-state index is 12.0. The van der Waals surface area contributed by atoms with Crippen LogP contribution in [0.15, 0.2) is 6.20 Å². The van der Waals surface area contributed by atoms with Crippen molar-refractivity contribution in [3.8, 4) is 0 Å².